The Balaban J connectivity index is 1.33. The lowest BCUT2D eigenvalue weighted by atomic mass is 9.71. The van der Waals surface area contributed by atoms with E-state index in [1.165, 1.54) is 63.3 Å². The molecule has 0 N–H and O–H groups in total. The summed E-state index contributed by atoms with van der Waals surface area (Å²) < 4.78 is 11.2. The molecule has 146 valence electrons. The lowest BCUT2D eigenvalue weighted by molar-refractivity contribution is 0.0160. The number of thiophene rings is 1. The molecule has 1 aromatic rings. The number of hydrogen-bond donors (Lipinski definition) is 0. The van der Waals surface area contributed by atoms with Gasteiger partial charge >= 0.3 is 0 Å². The zero-order valence-electron chi connectivity index (χ0n) is 16.2. The van der Waals surface area contributed by atoms with Crippen LogP contribution in [0.3, 0.4) is 0 Å². The van der Waals surface area contributed by atoms with Gasteiger partial charge in [0.15, 0.2) is 0 Å². The minimum atomic E-state index is 0.472. The van der Waals surface area contributed by atoms with Crippen molar-refractivity contribution in [2.75, 3.05) is 59.7 Å². The van der Waals surface area contributed by atoms with E-state index in [0.717, 1.165) is 32.3 Å². The van der Waals surface area contributed by atoms with Gasteiger partial charge in [0.1, 0.15) is 0 Å². The third-order valence-corrected chi connectivity index (χ3v) is 7.78. The fourth-order valence-corrected chi connectivity index (χ4v) is 6.11. The average molecular weight is 379 g/mol. The van der Waals surface area contributed by atoms with Crippen LogP contribution in [-0.2, 0) is 16.0 Å². The van der Waals surface area contributed by atoms with Crippen LogP contribution < -0.4 is 0 Å². The van der Waals surface area contributed by atoms with E-state index < -0.39 is 0 Å². The number of nitrogens with zero attached hydrogens (tertiary/aromatic N) is 2. The number of ether oxygens (including phenoxy) is 2. The molecule has 3 fully saturated rings. The van der Waals surface area contributed by atoms with E-state index >= 15 is 0 Å². The van der Waals surface area contributed by atoms with Crippen molar-refractivity contribution in [1.29, 1.82) is 0 Å². The van der Waals surface area contributed by atoms with Crippen LogP contribution >= 0.6 is 11.3 Å². The first-order valence-corrected chi connectivity index (χ1v) is 11.2. The van der Waals surface area contributed by atoms with Gasteiger partial charge in [-0.05, 0) is 61.6 Å². The molecule has 0 bridgehead atoms. The highest BCUT2D eigenvalue weighted by atomic mass is 32.1. The van der Waals surface area contributed by atoms with E-state index in [4.69, 9.17) is 9.47 Å². The summed E-state index contributed by atoms with van der Waals surface area (Å²) in [6.45, 7) is 10.2. The van der Waals surface area contributed by atoms with Gasteiger partial charge in [-0.3, -0.25) is 4.90 Å². The molecule has 0 unspecified atom stereocenters. The summed E-state index contributed by atoms with van der Waals surface area (Å²) in [6, 6.07) is 4.45. The van der Waals surface area contributed by atoms with E-state index in [1.54, 1.807) is 0 Å². The van der Waals surface area contributed by atoms with E-state index in [0.29, 0.717) is 11.3 Å². The summed E-state index contributed by atoms with van der Waals surface area (Å²) in [5, 5.41) is 2.20. The van der Waals surface area contributed by atoms with Crippen LogP contribution in [0.2, 0.25) is 0 Å². The standard InChI is InChI=1S/C21H34N2O2S/c1-24-16-19-14-23(15-20-3-2-12-26-20)17-21(19)6-8-22(9-7-21)13-18-4-10-25-11-5-18/h2-3,12,18-19H,4-11,13-17H2,1H3/t19-/m0/s1. The van der Waals surface area contributed by atoms with Gasteiger partial charge in [0.05, 0.1) is 6.61 Å². The van der Waals surface area contributed by atoms with Gasteiger partial charge in [0, 0.05) is 57.3 Å². The van der Waals surface area contributed by atoms with Crippen LogP contribution in [-0.4, -0.2) is 69.5 Å². The van der Waals surface area contributed by atoms with Gasteiger partial charge < -0.3 is 14.4 Å². The van der Waals surface area contributed by atoms with Crippen molar-refractivity contribution in [3.8, 4) is 0 Å². The van der Waals surface area contributed by atoms with Crippen molar-refractivity contribution in [3.05, 3.63) is 22.4 Å². The fourth-order valence-electron chi connectivity index (χ4n) is 5.36. The summed E-state index contributed by atoms with van der Waals surface area (Å²) in [5.41, 5.74) is 0.472. The third kappa shape index (κ3) is 4.33. The average Bonchev–Trinajstić information content (AvgIpc) is 3.28. The molecular formula is C21H34N2O2S. The van der Waals surface area contributed by atoms with E-state index in [2.05, 4.69) is 27.3 Å². The van der Waals surface area contributed by atoms with Crippen LogP contribution in [0.25, 0.3) is 0 Å². The van der Waals surface area contributed by atoms with Gasteiger partial charge in [-0.1, -0.05) is 6.07 Å². The highest BCUT2D eigenvalue weighted by molar-refractivity contribution is 7.09. The van der Waals surface area contributed by atoms with Crippen molar-refractivity contribution in [1.82, 2.24) is 9.80 Å². The van der Waals surface area contributed by atoms with Gasteiger partial charge in [-0.2, -0.15) is 0 Å². The Hall–Kier alpha value is -0.460. The zero-order valence-corrected chi connectivity index (χ0v) is 17.0. The monoisotopic (exact) mass is 378 g/mol. The summed E-state index contributed by atoms with van der Waals surface area (Å²) in [7, 11) is 1.87. The smallest absolute Gasteiger partial charge is 0.0508 e. The Morgan fingerprint density at radius 1 is 1.23 bits per heavy atom. The molecule has 4 rings (SSSR count). The summed E-state index contributed by atoms with van der Waals surface area (Å²) in [5.74, 6) is 1.55. The lowest BCUT2D eigenvalue weighted by Gasteiger charge is -2.43. The van der Waals surface area contributed by atoms with Gasteiger partial charge in [-0.25, -0.2) is 0 Å². The zero-order chi connectivity index (χ0) is 17.8. The first-order valence-electron chi connectivity index (χ1n) is 10.3. The molecule has 0 aliphatic carbocycles. The topological polar surface area (TPSA) is 24.9 Å². The molecule has 0 saturated carbocycles. The van der Waals surface area contributed by atoms with Gasteiger partial charge in [0.2, 0.25) is 0 Å². The SMILES string of the molecule is COC[C@@H]1CN(Cc2cccs2)CC12CCN(CC1CCOCC1)CC2. The van der Waals surface area contributed by atoms with Crippen LogP contribution in [0, 0.1) is 17.3 Å². The molecule has 1 aromatic heterocycles. The second-order valence-corrected chi connectivity index (χ2v) is 9.65. The number of likely N-dealkylation sites (tertiary alicyclic amines) is 2. The minimum Gasteiger partial charge on any atom is -0.384 e. The Labute approximate surface area is 162 Å². The maximum absolute atomic E-state index is 5.63. The van der Waals surface area contributed by atoms with Crippen molar-refractivity contribution >= 4 is 11.3 Å². The second kappa shape index (κ2) is 8.70. The summed E-state index contributed by atoms with van der Waals surface area (Å²) in [6.07, 6.45) is 5.18. The largest absolute Gasteiger partial charge is 0.384 e. The summed E-state index contributed by atoms with van der Waals surface area (Å²) >= 11 is 1.89. The first-order chi connectivity index (χ1) is 12.8. The Morgan fingerprint density at radius 3 is 2.73 bits per heavy atom. The van der Waals surface area contributed by atoms with Crippen molar-refractivity contribution in [2.45, 2.75) is 32.2 Å². The second-order valence-electron chi connectivity index (χ2n) is 8.62. The Morgan fingerprint density at radius 2 is 2.04 bits per heavy atom. The van der Waals surface area contributed by atoms with E-state index in [-0.39, 0.29) is 0 Å². The predicted molar refractivity (Wildman–Crippen MR) is 107 cm³/mol. The van der Waals surface area contributed by atoms with E-state index in [9.17, 15) is 0 Å². The normalized spacial score (nSPS) is 28.1. The molecule has 0 amide bonds. The number of hydrogen-bond acceptors (Lipinski definition) is 5. The molecular weight excluding hydrogens is 344 g/mol. The number of rotatable bonds is 6. The molecule has 3 saturated heterocycles. The molecule has 1 atom stereocenters. The molecule has 1 spiro atoms. The minimum absolute atomic E-state index is 0.472. The molecule has 0 aromatic carbocycles. The molecule has 4 nitrogen and oxygen atoms in total. The molecule has 0 radical (unpaired) electrons. The summed E-state index contributed by atoms with van der Waals surface area (Å²) in [4.78, 5) is 6.91. The van der Waals surface area contributed by atoms with Gasteiger partial charge in [0.25, 0.3) is 0 Å². The maximum Gasteiger partial charge on any atom is 0.0508 e. The maximum atomic E-state index is 5.63. The molecule has 26 heavy (non-hydrogen) atoms. The predicted octanol–water partition coefficient (Wildman–Crippen LogP) is 3.34. The van der Waals surface area contributed by atoms with Crippen molar-refractivity contribution < 1.29 is 9.47 Å². The van der Waals surface area contributed by atoms with Crippen molar-refractivity contribution in [2.24, 2.45) is 17.3 Å². The Bertz CT molecular complexity index is 536. The van der Waals surface area contributed by atoms with Crippen LogP contribution in [0.4, 0.5) is 0 Å². The molecule has 3 aliphatic heterocycles. The van der Waals surface area contributed by atoms with Crippen LogP contribution in [0.5, 0.6) is 0 Å². The highest BCUT2D eigenvalue weighted by Gasteiger charge is 2.47. The van der Waals surface area contributed by atoms with Crippen molar-refractivity contribution in [3.63, 3.8) is 0 Å². The lowest BCUT2D eigenvalue weighted by Crippen LogP contribution is -2.46. The van der Waals surface area contributed by atoms with Crippen LogP contribution in [0.15, 0.2) is 17.5 Å². The first kappa shape index (κ1) is 18.9. The van der Waals surface area contributed by atoms with Crippen LogP contribution in [0.1, 0.15) is 30.6 Å². The quantitative estimate of drug-likeness (QED) is 0.758. The number of methoxy groups -OCH3 is 1. The fraction of sp³-hybridized carbons (Fsp3) is 0.810. The third-order valence-electron chi connectivity index (χ3n) is 6.92. The molecule has 5 heteroatoms. The van der Waals surface area contributed by atoms with Gasteiger partial charge in [-0.15, -0.1) is 11.3 Å². The Kier molecular flexibility index (Phi) is 6.32. The number of piperidine rings is 1. The highest BCUT2D eigenvalue weighted by Crippen LogP contribution is 2.45. The molecule has 4 heterocycles. The van der Waals surface area contributed by atoms with E-state index in [1.807, 2.05) is 18.4 Å². The molecule has 3 aliphatic rings.